The van der Waals surface area contributed by atoms with Crippen molar-refractivity contribution in [2.24, 2.45) is 0 Å². The van der Waals surface area contributed by atoms with E-state index < -0.39 is 11.5 Å². The Hall–Kier alpha value is -0.590. The van der Waals surface area contributed by atoms with Crippen molar-refractivity contribution in [3.05, 3.63) is 27.0 Å². The Morgan fingerprint density at radius 1 is 1.38 bits per heavy atom. The molecule has 2 rings (SSSR count). The third-order valence-electron chi connectivity index (χ3n) is 3.42. The first kappa shape index (κ1) is 16.8. The number of hydrogen-bond donors (Lipinski definition) is 1. The summed E-state index contributed by atoms with van der Waals surface area (Å²) in [5, 5.41) is 10.7. The Kier molecular flexibility index (Phi) is 5.33. The van der Waals surface area contributed by atoms with Crippen molar-refractivity contribution in [2.45, 2.75) is 18.4 Å². The molecule has 1 amide bonds. The Balaban J connectivity index is 2.14. The number of rotatable bonds is 3. The summed E-state index contributed by atoms with van der Waals surface area (Å²) in [6, 6.07) is 0. The van der Waals surface area contributed by atoms with E-state index in [0.29, 0.717) is 26.1 Å². The highest BCUT2D eigenvalue weighted by Crippen LogP contribution is 2.32. The summed E-state index contributed by atoms with van der Waals surface area (Å²) in [5.41, 5.74) is -0.935. The number of carbonyl (C=O) groups excluding carboxylic acids is 1. The van der Waals surface area contributed by atoms with Crippen LogP contribution in [0, 0.1) is 0 Å². The van der Waals surface area contributed by atoms with E-state index in [0.717, 1.165) is 0 Å². The lowest BCUT2D eigenvalue weighted by molar-refractivity contribution is -0.0734. The van der Waals surface area contributed by atoms with Gasteiger partial charge in [0.05, 0.1) is 20.7 Å². The number of aliphatic hydroxyl groups is 1. The van der Waals surface area contributed by atoms with Crippen LogP contribution in [0.25, 0.3) is 0 Å². The largest absolute Gasteiger partial charge is 0.388 e. The first-order chi connectivity index (χ1) is 9.84. The topological polar surface area (TPSA) is 62.7 Å². The van der Waals surface area contributed by atoms with Crippen LogP contribution in [0.2, 0.25) is 15.1 Å². The Morgan fingerprint density at radius 3 is 2.62 bits per heavy atom. The molecule has 0 aromatic carbocycles. The minimum absolute atomic E-state index is 0.0139. The summed E-state index contributed by atoms with van der Waals surface area (Å²) in [4.78, 5) is 17.7. The second kappa shape index (κ2) is 6.67. The molecule has 116 valence electrons. The molecule has 5 nitrogen and oxygen atoms in total. The predicted octanol–water partition coefficient (Wildman–Crippen LogP) is 2.66. The zero-order valence-corrected chi connectivity index (χ0v) is 13.7. The molecule has 1 aliphatic heterocycles. The summed E-state index contributed by atoms with van der Waals surface area (Å²) < 4.78 is 5.21. The smallest absolute Gasteiger partial charge is 0.273 e. The van der Waals surface area contributed by atoms with Gasteiger partial charge in [0.1, 0.15) is 5.69 Å². The number of carbonyl (C=O) groups is 1. The molecular formula is C13H15Cl3N2O3. The normalized spacial score (nSPS) is 17.6. The van der Waals surface area contributed by atoms with Gasteiger partial charge in [0.25, 0.3) is 5.91 Å². The molecule has 1 aliphatic rings. The molecule has 0 saturated carbocycles. The van der Waals surface area contributed by atoms with Gasteiger partial charge in [0.2, 0.25) is 0 Å². The molecule has 0 atom stereocenters. The Bertz CT molecular complexity index is 548. The second-order valence-electron chi connectivity index (χ2n) is 5.08. The van der Waals surface area contributed by atoms with E-state index >= 15 is 0 Å². The fraction of sp³-hybridized carbons (Fsp3) is 0.538. The summed E-state index contributed by atoms with van der Waals surface area (Å²) in [7, 11) is 1.58. The van der Waals surface area contributed by atoms with Crippen molar-refractivity contribution in [1.82, 2.24) is 9.88 Å². The van der Waals surface area contributed by atoms with Gasteiger partial charge in [-0.15, -0.1) is 0 Å². The van der Waals surface area contributed by atoms with Gasteiger partial charge in [-0.3, -0.25) is 4.79 Å². The fourth-order valence-electron chi connectivity index (χ4n) is 2.20. The standard InChI is InChI=1S/C13H15Cl3N2O3/c1-18(7-13(20)2-4-21-5-3-13)12(19)11-10(16)9(15)8(14)6-17-11/h6,20H,2-5,7H2,1H3. The lowest BCUT2D eigenvalue weighted by Gasteiger charge is -2.35. The SMILES string of the molecule is CN(CC1(O)CCOCC1)C(=O)c1ncc(Cl)c(Cl)c1Cl. The fourth-order valence-corrected chi connectivity index (χ4v) is 2.76. The lowest BCUT2D eigenvalue weighted by Crippen LogP contribution is -2.47. The van der Waals surface area contributed by atoms with E-state index in [4.69, 9.17) is 39.5 Å². The molecule has 1 fully saturated rings. The third-order valence-corrected chi connectivity index (χ3v) is 4.66. The van der Waals surface area contributed by atoms with Crippen LogP contribution < -0.4 is 0 Å². The van der Waals surface area contributed by atoms with Crippen LogP contribution in [0.4, 0.5) is 0 Å². The summed E-state index contributed by atoms with van der Waals surface area (Å²) in [5.74, 6) is -0.418. The molecule has 0 bridgehead atoms. The maximum Gasteiger partial charge on any atom is 0.273 e. The molecule has 21 heavy (non-hydrogen) atoms. The highest BCUT2D eigenvalue weighted by atomic mass is 35.5. The summed E-state index contributed by atoms with van der Waals surface area (Å²) >= 11 is 17.7. The number of ether oxygens (including phenoxy) is 1. The van der Waals surface area contributed by atoms with Crippen molar-refractivity contribution in [3.8, 4) is 0 Å². The van der Waals surface area contributed by atoms with Crippen molar-refractivity contribution < 1.29 is 14.6 Å². The van der Waals surface area contributed by atoms with Gasteiger partial charge in [-0.05, 0) is 0 Å². The number of aromatic nitrogens is 1. The van der Waals surface area contributed by atoms with Crippen molar-refractivity contribution in [2.75, 3.05) is 26.8 Å². The van der Waals surface area contributed by atoms with E-state index in [2.05, 4.69) is 4.98 Å². The van der Waals surface area contributed by atoms with Gasteiger partial charge in [0.15, 0.2) is 0 Å². The van der Waals surface area contributed by atoms with E-state index in [1.165, 1.54) is 11.1 Å². The number of pyridine rings is 1. The van der Waals surface area contributed by atoms with Crippen molar-refractivity contribution >= 4 is 40.7 Å². The Morgan fingerprint density at radius 2 is 2.00 bits per heavy atom. The number of nitrogens with zero attached hydrogens (tertiary/aromatic N) is 2. The Labute approximate surface area is 137 Å². The van der Waals surface area contributed by atoms with Gasteiger partial charge < -0.3 is 14.7 Å². The maximum absolute atomic E-state index is 12.4. The van der Waals surface area contributed by atoms with Crippen LogP contribution in [0.5, 0.6) is 0 Å². The zero-order valence-electron chi connectivity index (χ0n) is 11.4. The maximum atomic E-state index is 12.4. The first-order valence-corrected chi connectivity index (χ1v) is 7.52. The molecule has 1 saturated heterocycles. The van der Waals surface area contributed by atoms with Crippen LogP contribution >= 0.6 is 34.8 Å². The first-order valence-electron chi connectivity index (χ1n) is 6.39. The van der Waals surface area contributed by atoms with E-state index in [-0.39, 0.29) is 27.3 Å². The number of halogens is 3. The average Bonchev–Trinajstić information content (AvgIpc) is 2.44. The molecule has 1 aromatic rings. The van der Waals surface area contributed by atoms with Gasteiger partial charge in [-0.2, -0.15) is 0 Å². The molecule has 0 unspecified atom stereocenters. The average molecular weight is 354 g/mol. The minimum Gasteiger partial charge on any atom is -0.388 e. The lowest BCUT2D eigenvalue weighted by atomic mass is 9.94. The van der Waals surface area contributed by atoms with Gasteiger partial charge in [0, 0.05) is 45.8 Å². The number of likely N-dealkylation sites (N-methyl/N-ethyl adjacent to an activating group) is 1. The molecular weight excluding hydrogens is 339 g/mol. The molecule has 0 spiro atoms. The molecule has 2 heterocycles. The molecule has 0 radical (unpaired) electrons. The van der Waals surface area contributed by atoms with Crippen molar-refractivity contribution in [3.63, 3.8) is 0 Å². The number of hydrogen-bond acceptors (Lipinski definition) is 4. The quantitative estimate of drug-likeness (QED) is 0.907. The highest BCUT2D eigenvalue weighted by molar-refractivity contribution is 6.48. The summed E-state index contributed by atoms with van der Waals surface area (Å²) in [6.07, 6.45) is 2.24. The zero-order chi connectivity index (χ0) is 15.6. The van der Waals surface area contributed by atoms with Gasteiger partial charge in [-0.25, -0.2) is 4.98 Å². The molecule has 1 N–H and O–H groups in total. The van der Waals surface area contributed by atoms with Crippen LogP contribution in [0.15, 0.2) is 6.20 Å². The van der Waals surface area contributed by atoms with Crippen LogP contribution in [-0.4, -0.2) is 53.3 Å². The minimum atomic E-state index is -0.953. The van der Waals surface area contributed by atoms with E-state index in [1.807, 2.05) is 0 Å². The summed E-state index contributed by atoms with van der Waals surface area (Å²) in [6.45, 7) is 1.13. The van der Waals surface area contributed by atoms with Gasteiger partial charge in [-0.1, -0.05) is 34.8 Å². The monoisotopic (exact) mass is 352 g/mol. The van der Waals surface area contributed by atoms with Crippen LogP contribution in [0.3, 0.4) is 0 Å². The molecule has 8 heteroatoms. The highest BCUT2D eigenvalue weighted by Gasteiger charge is 2.33. The molecule has 0 aliphatic carbocycles. The number of amides is 1. The van der Waals surface area contributed by atoms with Crippen LogP contribution in [0.1, 0.15) is 23.3 Å². The molecule has 1 aromatic heterocycles. The predicted molar refractivity (Wildman–Crippen MR) is 81.2 cm³/mol. The second-order valence-corrected chi connectivity index (χ2v) is 6.24. The van der Waals surface area contributed by atoms with Crippen LogP contribution in [-0.2, 0) is 4.74 Å². The van der Waals surface area contributed by atoms with E-state index in [9.17, 15) is 9.90 Å². The van der Waals surface area contributed by atoms with E-state index in [1.54, 1.807) is 7.05 Å². The van der Waals surface area contributed by atoms with Gasteiger partial charge >= 0.3 is 0 Å². The van der Waals surface area contributed by atoms with Crippen molar-refractivity contribution in [1.29, 1.82) is 0 Å². The third kappa shape index (κ3) is 3.79.